The summed E-state index contributed by atoms with van der Waals surface area (Å²) in [5.41, 5.74) is 1.47. The Labute approximate surface area is 97.7 Å². The van der Waals surface area contributed by atoms with E-state index in [9.17, 15) is 0 Å². The van der Waals surface area contributed by atoms with Gasteiger partial charge in [0.25, 0.3) is 0 Å². The first kappa shape index (κ1) is 11.6. The summed E-state index contributed by atoms with van der Waals surface area (Å²) in [7, 11) is 0. The fourth-order valence-electron chi connectivity index (χ4n) is 2.28. The molecule has 1 aromatic carbocycles. The van der Waals surface area contributed by atoms with Crippen LogP contribution in [0.25, 0.3) is 0 Å². The van der Waals surface area contributed by atoms with Crippen molar-refractivity contribution in [2.45, 2.75) is 44.2 Å². The van der Waals surface area contributed by atoms with Gasteiger partial charge in [-0.15, -0.1) is 0 Å². The molecule has 2 rings (SSSR count). The van der Waals surface area contributed by atoms with Gasteiger partial charge in [0.15, 0.2) is 0 Å². The van der Waals surface area contributed by atoms with Gasteiger partial charge in [-0.1, -0.05) is 30.3 Å². The summed E-state index contributed by atoms with van der Waals surface area (Å²) >= 11 is 0. The minimum absolute atomic E-state index is 0.183. The highest BCUT2D eigenvalue weighted by Crippen LogP contribution is 2.36. The molecule has 0 aliphatic heterocycles. The van der Waals surface area contributed by atoms with Crippen LogP contribution in [0, 0.1) is 0 Å². The molecule has 16 heavy (non-hydrogen) atoms. The van der Waals surface area contributed by atoms with E-state index >= 15 is 0 Å². The van der Waals surface area contributed by atoms with Gasteiger partial charge in [-0.05, 0) is 44.2 Å². The van der Waals surface area contributed by atoms with E-state index in [0.717, 1.165) is 18.9 Å². The van der Waals surface area contributed by atoms with Crippen LogP contribution in [0.3, 0.4) is 0 Å². The van der Waals surface area contributed by atoms with Crippen LogP contribution < -0.4 is 5.32 Å². The number of benzene rings is 1. The number of nitrogens with one attached hydrogen (secondary N) is 1. The number of hydrogen-bond donors (Lipinski definition) is 2. The van der Waals surface area contributed by atoms with E-state index in [2.05, 4.69) is 35.6 Å². The summed E-state index contributed by atoms with van der Waals surface area (Å²) in [4.78, 5) is 0. The van der Waals surface area contributed by atoms with Gasteiger partial charge in [-0.2, -0.15) is 0 Å². The van der Waals surface area contributed by atoms with Crippen LogP contribution in [0.4, 0.5) is 0 Å². The third kappa shape index (κ3) is 3.06. The van der Waals surface area contributed by atoms with Gasteiger partial charge in [0.2, 0.25) is 0 Å². The van der Waals surface area contributed by atoms with Gasteiger partial charge in [0, 0.05) is 6.04 Å². The van der Waals surface area contributed by atoms with E-state index in [1.54, 1.807) is 0 Å². The van der Waals surface area contributed by atoms with Gasteiger partial charge < -0.3 is 10.4 Å². The molecule has 0 heterocycles. The molecule has 1 unspecified atom stereocenters. The first-order valence-corrected chi connectivity index (χ1v) is 6.22. The maximum absolute atomic E-state index is 9.15. The molecule has 1 fully saturated rings. The highest BCUT2D eigenvalue weighted by molar-refractivity contribution is 5.22. The van der Waals surface area contributed by atoms with Crippen LogP contribution in [0.1, 0.15) is 37.7 Å². The molecular weight excluding hydrogens is 198 g/mol. The van der Waals surface area contributed by atoms with Gasteiger partial charge in [-0.3, -0.25) is 0 Å². The van der Waals surface area contributed by atoms with Crippen LogP contribution in [-0.2, 0) is 0 Å². The smallest absolute Gasteiger partial charge is 0.0524 e. The van der Waals surface area contributed by atoms with Crippen molar-refractivity contribution in [3.8, 4) is 0 Å². The molecule has 1 aromatic rings. The fourth-order valence-corrected chi connectivity index (χ4v) is 2.28. The molecular formula is C14H21NO. The van der Waals surface area contributed by atoms with Crippen molar-refractivity contribution < 1.29 is 5.11 Å². The molecule has 1 aliphatic carbocycles. The Bertz CT molecular complexity index is 304. The van der Waals surface area contributed by atoms with Crippen molar-refractivity contribution in [3.63, 3.8) is 0 Å². The predicted molar refractivity (Wildman–Crippen MR) is 66.5 cm³/mol. The minimum Gasteiger partial charge on any atom is -0.393 e. The molecule has 2 heteroatoms. The van der Waals surface area contributed by atoms with Crippen molar-refractivity contribution in [3.05, 3.63) is 35.9 Å². The van der Waals surface area contributed by atoms with Crippen molar-refractivity contribution in [2.24, 2.45) is 0 Å². The molecule has 0 saturated heterocycles. The van der Waals surface area contributed by atoms with E-state index in [4.69, 9.17) is 5.11 Å². The Kier molecular flexibility index (Phi) is 3.97. The molecule has 2 N–H and O–H groups in total. The highest BCUT2D eigenvalue weighted by Gasteiger charge is 2.29. The molecule has 1 saturated carbocycles. The molecule has 0 aromatic heterocycles. The summed E-state index contributed by atoms with van der Waals surface area (Å²) in [6, 6.07) is 11.4. The Balaban J connectivity index is 1.66. The maximum Gasteiger partial charge on any atom is 0.0524 e. The second kappa shape index (κ2) is 5.46. The lowest BCUT2D eigenvalue weighted by atomic mass is 9.76. The topological polar surface area (TPSA) is 32.3 Å². The summed E-state index contributed by atoms with van der Waals surface area (Å²) < 4.78 is 0. The van der Waals surface area contributed by atoms with E-state index in [0.29, 0.717) is 6.04 Å². The number of aliphatic hydroxyl groups is 1. The fraction of sp³-hybridized carbons (Fsp3) is 0.571. The summed E-state index contributed by atoms with van der Waals surface area (Å²) in [6.07, 6.45) is 3.15. The van der Waals surface area contributed by atoms with Gasteiger partial charge in [-0.25, -0.2) is 0 Å². The zero-order valence-corrected chi connectivity index (χ0v) is 9.89. The molecule has 0 radical (unpaired) electrons. The Morgan fingerprint density at radius 1 is 1.31 bits per heavy atom. The average Bonchev–Trinajstić information content (AvgIpc) is 2.22. The minimum atomic E-state index is -0.183. The van der Waals surface area contributed by atoms with Gasteiger partial charge in [0.05, 0.1) is 6.10 Å². The average molecular weight is 219 g/mol. The number of aliphatic hydroxyl groups excluding tert-OH is 1. The maximum atomic E-state index is 9.15. The number of rotatable bonds is 5. The predicted octanol–water partition coefficient (Wildman–Crippen LogP) is 2.29. The van der Waals surface area contributed by atoms with Crippen LogP contribution in [0.2, 0.25) is 0 Å². The second-order valence-electron chi connectivity index (χ2n) is 4.87. The highest BCUT2D eigenvalue weighted by atomic mass is 16.3. The molecule has 1 aliphatic rings. The molecule has 1 atom stereocenters. The number of hydrogen-bond acceptors (Lipinski definition) is 2. The summed E-state index contributed by atoms with van der Waals surface area (Å²) in [5, 5.41) is 12.6. The lowest BCUT2D eigenvalue weighted by Crippen LogP contribution is -2.41. The van der Waals surface area contributed by atoms with Gasteiger partial charge >= 0.3 is 0 Å². The Hall–Kier alpha value is -0.860. The SMILES string of the molecule is CC(O)CCNC1CC(c2ccccc2)C1. The van der Waals surface area contributed by atoms with Crippen molar-refractivity contribution in [2.75, 3.05) is 6.54 Å². The molecule has 0 bridgehead atoms. The first-order valence-electron chi connectivity index (χ1n) is 6.22. The van der Waals surface area contributed by atoms with E-state index in [1.807, 2.05) is 6.92 Å². The van der Waals surface area contributed by atoms with Crippen LogP contribution >= 0.6 is 0 Å². The van der Waals surface area contributed by atoms with Crippen LogP contribution in [0.5, 0.6) is 0 Å². The van der Waals surface area contributed by atoms with Crippen LogP contribution in [0.15, 0.2) is 30.3 Å². The first-order chi connectivity index (χ1) is 7.75. The van der Waals surface area contributed by atoms with E-state index in [-0.39, 0.29) is 6.10 Å². The van der Waals surface area contributed by atoms with E-state index in [1.165, 1.54) is 18.4 Å². The van der Waals surface area contributed by atoms with Crippen LogP contribution in [-0.4, -0.2) is 23.8 Å². The zero-order chi connectivity index (χ0) is 11.4. The van der Waals surface area contributed by atoms with Crippen molar-refractivity contribution in [1.82, 2.24) is 5.32 Å². The lowest BCUT2D eigenvalue weighted by molar-refractivity contribution is 0.177. The summed E-state index contributed by atoms with van der Waals surface area (Å²) in [5.74, 6) is 0.741. The summed E-state index contributed by atoms with van der Waals surface area (Å²) in [6.45, 7) is 2.78. The monoisotopic (exact) mass is 219 g/mol. The van der Waals surface area contributed by atoms with E-state index < -0.39 is 0 Å². The second-order valence-corrected chi connectivity index (χ2v) is 4.87. The Morgan fingerprint density at radius 2 is 2.00 bits per heavy atom. The molecule has 0 spiro atoms. The molecule has 2 nitrogen and oxygen atoms in total. The third-order valence-corrected chi connectivity index (χ3v) is 3.40. The largest absolute Gasteiger partial charge is 0.393 e. The van der Waals surface area contributed by atoms with Crippen molar-refractivity contribution >= 4 is 0 Å². The standard InChI is InChI=1S/C14H21NO/c1-11(16)7-8-15-14-9-13(10-14)12-5-3-2-4-6-12/h2-6,11,13-16H,7-10H2,1H3. The molecule has 0 amide bonds. The third-order valence-electron chi connectivity index (χ3n) is 3.40. The normalized spacial score (nSPS) is 26.1. The Morgan fingerprint density at radius 3 is 2.62 bits per heavy atom. The molecule has 88 valence electrons. The zero-order valence-electron chi connectivity index (χ0n) is 9.89. The quantitative estimate of drug-likeness (QED) is 0.796. The lowest BCUT2D eigenvalue weighted by Gasteiger charge is -2.36. The van der Waals surface area contributed by atoms with Crippen molar-refractivity contribution in [1.29, 1.82) is 0 Å². The van der Waals surface area contributed by atoms with Gasteiger partial charge in [0.1, 0.15) is 0 Å².